The fourth-order valence-electron chi connectivity index (χ4n) is 2.02. The monoisotopic (exact) mass is 251 g/mol. The molecular weight excluding hydrogens is 234 g/mol. The van der Waals surface area contributed by atoms with Crippen molar-refractivity contribution in [2.45, 2.75) is 24.2 Å². The third-order valence-corrected chi connectivity index (χ3v) is 4.28. The molecular formula is C13H17NO2S. The van der Waals surface area contributed by atoms with Gasteiger partial charge in [-0.3, -0.25) is 4.79 Å². The third kappa shape index (κ3) is 2.33. The molecule has 0 spiro atoms. The van der Waals surface area contributed by atoms with Gasteiger partial charge in [-0.05, 0) is 24.1 Å². The van der Waals surface area contributed by atoms with E-state index in [0.29, 0.717) is 5.75 Å². The zero-order valence-corrected chi connectivity index (χ0v) is 11.0. The number of anilines is 1. The van der Waals surface area contributed by atoms with Gasteiger partial charge in [-0.1, -0.05) is 13.0 Å². The van der Waals surface area contributed by atoms with Crippen LogP contribution >= 0.6 is 11.8 Å². The summed E-state index contributed by atoms with van der Waals surface area (Å²) in [5.41, 5.74) is 2.13. The number of carbonyl (C=O) groups excluding carboxylic acids is 1. The molecule has 0 aromatic heterocycles. The lowest BCUT2D eigenvalue weighted by Crippen LogP contribution is -2.31. The topological polar surface area (TPSA) is 40.5 Å². The van der Waals surface area contributed by atoms with Crippen molar-refractivity contribution in [3.8, 4) is 0 Å². The number of rotatable bonds is 3. The molecule has 1 N–H and O–H groups in total. The molecule has 0 radical (unpaired) electrons. The summed E-state index contributed by atoms with van der Waals surface area (Å²) in [6.07, 6.45) is 0.925. The highest BCUT2D eigenvalue weighted by Gasteiger charge is 2.22. The van der Waals surface area contributed by atoms with E-state index in [1.54, 1.807) is 16.7 Å². The number of benzene rings is 1. The number of hydrogen-bond acceptors (Lipinski definition) is 3. The summed E-state index contributed by atoms with van der Waals surface area (Å²) in [7, 11) is 1.81. The van der Waals surface area contributed by atoms with E-state index in [1.165, 1.54) is 0 Å². The molecule has 1 aliphatic rings. The second kappa shape index (κ2) is 5.10. The average Bonchev–Trinajstić information content (AvgIpc) is 2.35. The molecule has 1 atom stereocenters. The minimum Gasteiger partial charge on any atom is -0.396 e. The van der Waals surface area contributed by atoms with Gasteiger partial charge in [0, 0.05) is 24.5 Å². The van der Waals surface area contributed by atoms with Crippen LogP contribution in [0.2, 0.25) is 0 Å². The lowest BCUT2D eigenvalue weighted by Gasteiger charge is -2.26. The minimum atomic E-state index is 0.143. The van der Waals surface area contributed by atoms with Crippen molar-refractivity contribution in [3.63, 3.8) is 0 Å². The number of fused-ring (bicyclic) bond motifs is 1. The summed E-state index contributed by atoms with van der Waals surface area (Å²) in [6, 6.07) is 6.10. The lowest BCUT2D eigenvalue weighted by atomic mass is 9.97. The maximum absolute atomic E-state index is 11.6. The molecule has 1 aromatic rings. The van der Waals surface area contributed by atoms with Crippen LogP contribution < -0.4 is 4.90 Å². The lowest BCUT2D eigenvalue weighted by molar-refractivity contribution is -0.116. The Bertz CT molecular complexity index is 429. The molecule has 2 rings (SSSR count). The molecule has 0 saturated carbocycles. The van der Waals surface area contributed by atoms with Crippen LogP contribution in [-0.2, 0) is 4.79 Å². The number of thioether (sulfide) groups is 1. The van der Waals surface area contributed by atoms with Crippen LogP contribution in [0.15, 0.2) is 23.1 Å². The van der Waals surface area contributed by atoms with Gasteiger partial charge < -0.3 is 10.0 Å². The first-order valence-corrected chi connectivity index (χ1v) is 6.80. The van der Waals surface area contributed by atoms with Gasteiger partial charge in [0.1, 0.15) is 0 Å². The Morgan fingerprint density at radius 3 is 2.94 bits per heavy atom. The van der Waals surface area contributed by atoms with Crippen molar-refractivity contribution in [1.82, 2.24) is 0 Å². The zero-order valence-electron chi connectivity index (χ0n) is 10.1. The van der Waals surface area contributed by atoms with Crippen LogP contribution in [0.3, 0.4) is 0 Å². The third-order valence-electron chi connectivity index (χ3n) is 3.26. The first kappa shape index (κ1) is 12.5. The van der Waals surface area contributed by atoms with Crippen LogP contribution in [-0.4, -0.2) is 30.4 Å². The smallest absolute Gasteiger partial charge is 0.237 e. The number of carbonyl (C=O) groups is 1. The predicted octanol–water partition coefficient (Wildman–Crippen LogP) is 2.24. The van der Waals surface area contributed by atoms with E-state index >= 15 is 0 Å². The van der Waals surface area contributed by atoms with E-state index in [4.69, 9.17) is 0 Å². The van der Waals surface area contributed by atoms with Crippen LogP contribution in [0, 0.1) is 0 Å². The first-order chi connectivity index (χ1) is 8.17. The highest BCUT2D eigenvalue weighted by molar-refractivity contribution is 8.00. The Morgan fingerprint density at radius 1 is 1.53 bits per heavy atom. The van der Waals surface area contributed by atoms with E-state index in [-0.39, 0.29) is 18.4 Å². The Kier molecular flexibility index (Phi) is 3.74. The summed E-state index contributed by atoms with van der Waals surface area (Å²) in [5.74, 6) is 0.844. The predicted molar refractivity (Wildman–Crippen MR) is 70.7 cm³/mol. The number of hydrogen-bond donors (Lipinski definition) is 1. The van der Waals surface area contributed by atoms with Crippen molar-refractivity contribution in [2.24, 2.45) is 0 Å². The molecule has 1 aromatic carbocycles. The van der Waals surface area contributed by atoms with Crippen molar-refractivity contribution >= 4 is 23.4 Å². The highest BCUT2D eigenvalue weighted by atomic mass is 32.2. The van der Waals surface area contributed by atoms with Crippen molar-refractivity contribution < 1.29 is 9.90 Å². The minimum absolute atomic E-state index is 0.143. The van der Waals surface area contributed by atoms with Gasteiger partial charge in [0.2, 0.25) is 5.91 Å². The number of nitrogens with zero attached hydrogens (tertiary/aromatic N) is 1. The zero-order chi connectivity index (χ0) is 12.4. The SMILES string of the molecule is CCC(CO)c1ccc2c(c1)SCC(=O)N2C. The van der Waals surface area contributed by atoms with Gasteiger partial charge >= 0.3 is 0 Å². The first-order valence-electron chi connectivity index (χ1n) is 5.81. The molecule has 3 nitrogen and oxygen atoms in total. The number of aliphatic hydroxyl groups excluding tert-OH is 1. The Morgan fingerprint density at radius 2 is 2.29 bits per heavy atom. The van der Waals surface area contributed by atoms with Crippen LogP contribution in [0.4, 0.5) is 5.69 Å². The quantitative estimate of drug-likeness (QED) is 0.895. The van der Waals surface area contributed by atoms with Crippen molar-refractivity contribution in [3.05, 3.63) is 23.8 Å². The van der Waals surface area contributed by atoms with Crippen LogP contribution in [0.5, 0.6) is 0 Å². The summed E-state index contributed by atoms with van der Waals surface area (Å²) in [6.45, 7) is 2.25. The normalized spacial score (nSPS) is 16.9. The molecule has 1 unspecified atom stereocenters. The highest BCUT2D eigenvalue weighted by Crippen LogP contribution is 2.36. The fourth-order valence-corrected chi connectivity index (χ4v) is 3.06. The van der Waals surface area contributed by atoms with E-state index in [2.05, 4.69) is 13.0 Å². The molecule has 17 heavy (non-hydrogen) atoms. The molecule has 1 heterocycles. The second-order valence-corrected chi connectivity index (χ2v) is 5.27. The van der Waals surface area contributed by atoms with E-state index in [0.717, 1.165) is 22.6 Å². The van der Waals surface area contributed by atoms with Crippen LogP contribution in [0.25, 0.3) is 0 Å². The van der Waals surface area contributed by atoms with Gasteiger partial charge in [-0.25, -0.2) is 0 Å². The van der Waals surface area contributed by atoms with E-state index in [9.17, 15) is 9.90 Å². The summed E-state index contributed by atoms with van der Waals surface area (Å²) < 4.78 is 0. The van der Waals surface area contributed by atoms with E-state index < -0.39 is 0 Å². The Labute approximate surface area is 106 Å². The Balaban J connectivity index is 2.35. The summed E-state index contributed by atoms with van der Waals surface area (Å²) >= 11 is 1.58. The molecule has 0 fully saturated rings. The van der Waals surface area contributed by atoms with Crippen molar-refractivity contribution in [1.29, 1.82) is 0 Å². The molecule has 92 valence electrons. The largest absolute Gasteiger partial charge is 0.396 e. The van der Waals surface area contributed by atoms with Crippen molar-refractivity contribution in [2.75, 3.05) is 24.3 Å². The van der Waals surface area contributed by atoms with Gasteiger partial charge in [-0.15, -0.1) is 11.8 Å². The summed E-state index contributed by atoms with van der Waals surface area (Å²) in [5, 5.41) is 9.31. The number of amides is 1. The summed E-state index contributed by atoms with van der Waals surface area (Å²) in [4.78, 5) is 14.4. The van der Waals surface area contributed by atoms with Gasteiger partial charge in [0.25, 0.3) is 0 Å². The van der Waals surface area contributed by atoms with Gasteiger partial charge in [0.05, 0.1) is 11.4 Å². The van der Waals surface area contributed by atoms with Gasteiger partial charge in [0.15, 0.2) is 0 Å². The molecule has 1 aliphatic heterocycles. The number of aliphatic hydroxyl groups is 1. The molecule has 0 aliphatic carbocycles. The fraction of sp³-hybridized carbons (Fsp3) is 0.462. The maximum Gasteiger partial charge on any atom is 0.237 e. The Hall–Kier alpha value is -1.00. The maximum atomic E-state index is 11.6. The average molecular weight is 251 g/mol. The van der Waals surface area contributed by atoms with Crippen LogP contribution in [0.1, 0.15) is 24.8 Å². The standard InChI is InChI=1S/C13H17NO2S/c1-3-9(7-15)10-4-5-11-12(6-10)17-8-13(16)14(11)2/h4-6,9,15H,3,7-8H2,1-2H3. The van der Waals surface area contributed by atoms with E-state index in [1.807, 2.05) is 19.2 Å². The second-order valence-electron chi connectivity index (χ2n) is 4.26. The molecule has 4 heteroatoms. The van der Waals surface area contributed by atoms with Gasteiger partial charge in [-0.2, -0.15) is 0 Å². The molecule has 0 bridgehead atoms. The molecule has 0 saturated heterocycles. The molecule has 1 amide bonds.